The zero-order valence-electron chi connectivity index (χ0n) is 13.5. The summed E-state index contributed by atoms with van der Waals surface area (Å²) in [6.45, 7) is 4.74. The summed E-state index contributed by atoms with van der Waals surface area (Å²) in [5.74, 6) is -1.95. The third kappa shape index (κ3) is 6.92. The van der Waals surface area contributed by atoms with Gasteiger partial charge in [0.05, 0.1) is 18.8 Å². The molecule has 23 heavy (non-hydrogen) atoms. The number of carbonyl (C=O) groups excluding carboxylic acids is 3. The Morgan fingerprint density at radius 1 is 1.09 bits per heavy atom. The molecule has 1 rings (SSSR count). The van der Waals surface area contributed by atoms with Gasteiger partial charge in [0, 0.05) is 18.8 Å². The number of esters is 1. The van der Waals surface area contributed by atoms with Crippen LogP contribution in [0.1, 0.15) is 30.6 Å². The Labute approximate surface area is 135 Å². The molecule has 2 amide bonds. The van der Waals surface area contributed by atoms with Crippen LogP contribution in [0.25, 0.3) is 0 Å². The van der Waals surface area contributed by atoms with E-state index in [0.29, 0.717) is 30.8 Å². The molecule has 0 saturated carbocycles. The highest BCUT2D eigenvalue weighted by Gasteiger charge is 2.13. The molecule has 0 bridgehead atoms. The summed E-state index contributed by atoms with van der Waals surface area (Å²) in [5.41, 5.74) is 0.779. The van der Waals surface area contributed by atoms with Gasteiger partial charge in [-0.25, -0.2) is 4.79 Å². The Bertz CT molecular complexity index is 540. The first-order chi connectivity index (χ1) is 10.9. The van der Waals surface area contributed by atoms with E-state index in [-0.39, 0.29) is 6.10 Å². The molecule has 0 aliphatic carbocycles. The van der Waals surface area contributed by atoms with Crippen LogP contribution in [0.5, 0.6) is 0 Å². The Morgan fingerprint density at radius 3 is 2.30 bits per heavy atom. The lowest BCUT2D eigenvalue weighted by Gasteiger charge is -2.09. The molecule has 1 aromatic rings. The van der Waals surface area contributed by atoms with Gasteiger partial charge in [-0.3, -0.25) is 9.59 Å². The second kappa shape index (κ2) is 9.58. The minimum absolute atomic E-state index is 0.141. The standard InChI is InChI=1S/C16H22N2O5/c1-11(2)23-10-4-9-17-14(19)15(20)18-13-7-5-12(6-8-13)16(21)22-3/h5-8,11H,4,9-10H2,1-3H3,(H,17,19)(H,18,20). The van der Waals surface area contributed by atoms with Crippen molar-refractivity contribution in [2.45, 2.75) is 26.4 Å². The summed E-state index contributed by atoms with van der Waals surface area (Å²) in [6, 6.07) is 6.05. The molecule has 0 atom stereocenters. The lowest BCUT2D eigenvalue weighted by Crippen LogP contribution is -2.36. The Balaban J connectivity index is 2.37. The fourth-order valence-electron chi connectivity index (χ4n) is 1.67. The minimum atomic E-state index is -0.763. The highest BCUT2D eigenvalue weighted by Crippen LogP contribution is 2.10. The van der Waals surface area contributed by atoms with Crippen molar-refractivity contribution >= 4 is 23.5 Å². The van der Waals surface area contributed by atoms with E-state index in [4.69, 9.17) is 4.74 Å². The van der Waals surface area contributed by atoms with E-state index in [1.54, 1.807) is 0 Å². The minimum Gasteiger partial charge on any atom is -0.465 e. The van der Waals surface area contributed by atoms with Crippen LogP contribution in [0.15, 0.2) is 24.3 Å². The lowest BCUT2D eigenvalue weighted by atomic mass is 10.2. The number of rotatable bonds is 7. The molecule has 7 heteroatoms. The fraction of sp³-hybridized carbons (Fsp3) is 0.438. The van der Waals surface area contributed by atoms with Crippen molar-refractivity contribution in [1.29, 1.82) is 0 Å². The second-order valence-electron chi connectivity index (χ2n) is 5.05. The van der Waals surface area contributed by atoms with Crippen molar-refractivity contribution in [3.8, 4) is 0 Å². The molecule has 0 radical (unpaired) electrons. The first kappa shape index (κ1) is 18.6. The number of hydrogen-bond donors (Lipinski definition) is 2. The molecule has 0 unspecified atom stereocenters. The van der Waals surface area contributed by atoms with Crippen LogP contribution < -0.4 is 10.6 Å². The smallest absolute Gasteiger partial charge is 0.337 e. The van der Waals surface area contributed by atoms with E-state index in [0.717, 1.165) is 0 Å². The SMILES string of the molecule is COC(=O)c1ccc(NC(=O)C(=O)NCCCOC(C)C)cc1. The number of anilines is 1. The van der Waals surface area contributed by atoms with Gasteiger partial charge >= 0.3 is 17.8 Å². The van der Waals surface area contributed by atoms with Crippen LogP contribution in [0.3, 0.4) is 0 Å². The highest BCUT2D eigenvalue weighted by atomic mass is 16.5. The van der Waals surface area contributed by atoms with Crippen LogP contribution in [0, 0.1) is 0 Å². The molecular formula is C16H22N2O5. The molecule has 0 saturated heterocycles. The van der Waals surface area contributed by atoms with E-state index in [9.17, 15) is 14.4 Å². The van der Waals surface area contributed by atoms with Gasteiger partial charge in [-0.1, -0.05) is 0 Å². The van der Waals surface area contributed by atoms with Crippen molar-refractivity contribution in [2.24, 2.45) is 0 Å². The largest absolute Gasteiger partial charge is 0.465 e. The molecule has 7 nitrogen and oxygen atoms in total. The third-order valence-corrected chi connectivity index (χ3v) is 2.83. The number of ether oxygens (including phenoxy) is 2. The maximum absolute atomic E-state index is 11.7. The van der Waals surface area contributed by atoms with Gasteiger partial charge in [-0.2, -0.15) is 0 Å². The molecular weight excluding hydrogens is 300 g/mol. The van der Waals surface area contributed by atoms with E-state index < -0.39 is 17.8 Å². The van der Waals surface area contributed by atoms with Crippen LogP contribution >= 0.6 is 0 Å². The van der Waals surface area contributed by atoms with Crippen molar-refractivity contribution < 1.29 is 23.9 Å². The van der Waals surface area contributed by atoms with Gasteiger partial charge in [0.2, 0.25) is 0 Å². The summed E-state index contributed by atoms with van der Waals surface area (Å²) in [5, 5.41) is 4.96. The summed E-state index contributed by atoms with van der Waals surface area (Å²) in [7, 11) is 1.29. The molecule has 1 aromatic carbocycles. The number of benzene rings is 1. The summed E-state index contributed by atoms with van der Waals surface area (Å²) >= 11 is 0. The number of nitrogens with one attached hydrogen (secondary N) is 2. The van der Waals surface area contributed by atoms with Crippen LogP contribution in [0.4, 0.5) is 5.69 Å². The van der Waals surface area contributed by atoms with Crippen molar-refractivity contribution in [1.82, 2.24) is 5.32 Å². The molecule has 0 aliphatic heterocycles. The average molecular weight is 322 g/mol. The van der Waals surface area contributed by atoms with Gasteiger partial charge in [0.25, 0.3) is 0 Å². The van der Waals surface area contributed by atoms with Crippen molar-refractivity contribution in [3.05, 3.63) is 29.8 Å². The van der Waals surface area contributed by atoms with Gasteiger partial charge in [-0.05, 0) is 44.5 Å². The molecule has 2 N–H and O–H groups in total. The normalized spacial score (nSPS) is 10.3. The quantitative estimate of drug-likeness (QED) is 0.449. The third-order valence-electron chi connectivity index (χ3n) is 2.83. The number of hydrogen-bond acceptors (Lipinski definition) is 5. The maximum atomic E-state index is 11.7. The number of carbonyl (C=O) groups is 3. The van der Waals surface area contributed by atoms with Gasteiger partial charge < -0.3 is 20.1 Å². The maximum Gasteiger partial charge on any atom is 0.337 e. The lowest BCUT2D eigenvalue weighted by molar-refractivity contribution is -0.136. The van der Waals surface area contributed by atoms with E-state index >= 15 is 0 Å². The zero-order chi connectivity index (χ0) is 17.2. The Hall–Kier alpha value is -2.41. The first-order valence-corrected chi connectivity index (χ1v) is 7.33. The van der Waals surface area contributed by atoms with Crippen molar-refractivity contribution in [3.63, 3.8) is 0 Å². The molecule has 0 aliphatic rings. The van der Waals surface area contributed by atoms with Gasteiger partial charge in [-0.15, -0.1) is 0 Å². The average Bonchev–Trinajstić information content (AvgIpc) is 2.53. The van der Waals surface area contributed by atoms with E-state index in [1.807, 2.05) is 13.8 Å². The van der Waals surface area contributed by atoms with Gasteiger partial charge in [0.15, 0.2) is 0 Å². The monoisotopic (exact) mass is 322 g/mol. The van der Waals surface area contributed by atoms with Crippen LogP contribution in [-0.4, -0.2) is 44.1 Å². The Morgan fingerprint density at radius 2 is 1.74 bits per heavy atom. The highest BCUT2D eigenvalue weighted by molar-refractivity contribution is 6.39. The van der Waals surface area contributed by atoms with Gasteiger partial charge in [0.1, 0.15) is 0 Å². The molecule has 0 fully saturated rings. The topological polar surface area (TPSA) is 93.7 Å². The molecule has 0 heterocycles. The molecule has 0 aromatic heterocycles. The Kier molecular flexibility index (Phi) is 7.76. The number of amides is 2. The fourth-order valence-corrected chi connectivity index (χ4v) is 1.67. The van der Waals surface area contributed by atoms with Crippen LogP contribution in [-0.2, 0) is 19.1 Å². The summed E-state index contributed by atoms with van der Waals surface area (Å²) < 4.78 is 9.90. The summed E-state index contributed by atoms with van der Waals surface area (Å²) in [6.07, 6.45) is 0.771. The summed E-state index contributed by atoms with van der Waals surface area (Å²) in [4.78, 5) is 34.6. The van der Waals surface area contributed by atoms with E-state index in [1.165, 1.54) is 31.4 Å². The molecule has 126 valence electrons. The van der Waals surface area contributed by atoms with E-state index in [2.05, 4.69) is 15.4 Å². The van der Waals surface area contributed by atoms with Crippen molar-refractivity contribution in [2.75, 3.05) is 25.6 Å². The predicted octanol–water partition coefficient (Wildman–Crippen LogP) is 1.34. The molecule has 0 spiro atoms. The predicted molar refractivity (Wildman–Crippen MR) is 85.1 cm³/mol. The van der Waals surface area contributed by atoms with Crippen LogP contribution in [0.2, 0.25) is 0 Å². The number of methoxy groups -OCH3 is 1. The first-order valence-electron chi connectivity index (χ1n) is 7.33. The zero-order valence-corrected chi connectivity index (χ0v) is 13.5. The second-order valence-corrected chi connectivity index (χ2v) is 5.05.